The van der Waals surface area contributed by atoms with Crippen molar-refractivity contribution in [2.45, 2.75) is 25.5 Å². The quantitative estimate of drug-likeness (QED) is 0.758. The maximum atomic E-state index is 10.9. The molecule has 1 heterocycles. The van der Waals surface area contributed by atoms with Gasteiger partial charge in [0.1, 0.15) is 0 Å². The summed E-state index contributed by atoms with van der Waals surface area (Å²) in [5.74, 6) is 0. The molecule has 2 unspecified atom stereocenters. The van der Waals surface area contributed by atoms with E-state index in [0.29, 0.717) is 5.69 Å². The molecule has 1 saturated heterocycles. The zero-order valence-corrected chi connectivity index (χ0v) is 10.9. The SMILES string of the molecule is CC1OCCC1Nc1cccc(NS(N)(=O)=O)c1. The van der Waals surface area contributed by atoms with Crippen LogP contribution in [0.4, 0.5) is 11.4 Å². The van der Waals surface area contributed by atoms with Crippen LogP contribution in [0, 0.1) is 0 Å². The van der Waals surface area contributed by atoms with E-state index in [1.165, 1.54) is 0 Å². The van der Waals surface area contributed by atoms with Gasteiger partial charge in [0, 0.05) is 12.3 Å². The van der Waals surface area contributed by atoms with Gasteiger partial charge in [0.05, 0.1) is 17.8 Å². The van der Waals surface area contributed by atoms with Crippen molar-refractivity contribution < 1.29 is 13.2 Å². The van der Waals surface area contributed by atoms with E-state index in [1.807, 2.05) is 13.0 Å². The molecule has 0 aromatic heterocycles. The van der Waals surface area contributed by atoms with Crippen molar-refractivity contribution in [3.05, 3.63) is 24.3 Å². The first-order valence-electron chi connectivity index (χ1n) is 5.73. The topological polar surface area (TPSA) is 93.4 Å². The number of benzene rings is 1. The Morgan fingerprint density at radius 1 is 1.39 bits per heavy atom. The number of hydrogen-bond acceptors (Lipinski definition) is 4. The monoisotopic (exact) mass is 271 g/mol. The van der Waals surface area contributed by atoms with Crippen molar-refractivity contribution in [2.75, 3.05) is 16.6 Å². The maximum Gasteiger partial charge on any atom is 0.296 e. The number of nitrogens with two attached hydrogens (primary N) is 1. The van der Waals surface area contributed by atoms with E-state index in [2.05, 4.69) is 10.0 Å². The van der Waals surface area contributed by atoms with Crippen molar-refractivity contribution in [3.63, 3.8) is 0 Å². The molecule has 0 saturated carbocycles. The fourth-order valence-electron chi connectivity index (χ4n) is 1.97. The summed E-state index contributed by atoms with van der Waals surface area (Å²) in [6, 6.07) is 7.23. The van der Waals surface area contributed by atoms with Gasteiger partial charge >= 0.3 is 0 Å². The number of nitrogens with one attached hydrogen (secondary N) is 2. The Labute approximate surface area is 107 Å². The van der Waals surface area contributed by atoms with Crippen LogP contribution in [0.2, 0.25) is 0 Å². The fourth-order valence-corrected chi connectivity index (χ4v) is 2.43. The molecule has 1 aromatic carbocycles. The molecular formula is C11H17N3O3S. The molecule has 1 aromatic rings. The van der Waals surface area contributed by atoms with E-state index >= 15 is 0 Å². The van der Waals surface area contributed by atoms with Crippen LogP contribution in [0.25, 0.3) is 0 Å². The van der Waals surface area contributed by atoms with Crippen LogP contribution < -0.4 is 15.2 Å². The third-order valence-electron chi connectivity index (χ3n) is 2.85. The molecule has 1 fully saturated rings. The first-order valence-corrected chi connectivity index (χ1v) is 7.27. The summed E-state index contributed by atoms with van der Waals surface area (Å²) >= 11 is 0. The summed E-state index contributed by atoms with van der Waals surface area (Å²) in [5, 5.41) is 8.24. The number of hydrogen-bond donors (Lipinski definition) is 3. The minimum Gasteiger partial charge on any atom is -0.380 e. The van der Waals surface area contributed by atoms with Gasteiger partial charge < -0.3 is 10.1 Å². The van der Waals surface area contributed by atoms with Gasteiger partial charge in [-0.25, -0.2) is 5.14 Å². The largest absolute Gasteiger partial charge is 0.380 e. The molecule has 1 aliphatic heterocycles. The van der Waals surface area contributed by atoms with Crippen molar-refractivity contribution in [1.29, 1.82) is 0 Å². The number of rotatable bonds is 4. The molecule has 100 valence electrons. The molecule has 4 N–H and O–H groups in total. The molecule has 7 heteroatoms. The second kappa shape index (κ2) is 5.13. The average Bonchev–Trinajstić information content (AvgIpc) is 2.62. The first-order chi connectivity index (χ1) is 8.44. The van der Waals surface area contributed by atoms with Crippen LogP contribution in [0.3, 0.4) is 0 Å². The highest BCUT2D eigenvalue weighted by Gasteiger charge is 2.23. The number of ether oxygens (including phenoxy) is 1. The standard InChI is InChI=1S/C11H17N3O3S/c1-8-11(5-6-17-8)13-9-3-2-4-10(7-9)14-18(12,15)16/h2-4,7-8,11,13-14H,5-6H2,1H3,(H2,12,15,16). The lowest BCUT2D eigenvalue weighted by atomic mass is 10.1. The first kappa shape index (κ1) is 13.1. The highest BCUT2D eigenvalue weighted by molar-refractivity contribution is 7.90. The van der Waals surface area contributed by atoms with Gasteiger partial charge in [-0.15, -0.1) is 0 Å². The van der Waals surface area contributed by atoms with Crippen LogP contribution in [-0.4, -0.2) is 27.2 Å². The second-order valence-electron chi connectivity index (χ2n) is 4.34. The summed E-state index contributed by atoms with van der Waals surface area (Å²) < 4.78 is 29.6. The third-order valence-corrected chi connectivity index (χ3v) is 3.37. The van der Waals surface area contributed by atoms with Gasteiger partial charge in [0.25, 0.3) is 10.2 Å². The van der Waals surface area contributed by atoms with E-state index in [1.54, 1.807) is 18.2 Å². The Kier molecular flexibility index (Phi) is 3.74. The van der Waals surface area contributed by atoms with Gasteiger partial charge in [0.15, 0.2) is 0 Å². The zero-order chi connectivity index (χ0) is 13.2. The molecule has 0 bridgehead atoms. The highest BCUT2D eigenvalue weighted by Crippen LogP contribution is 2.21. The molecule has 6 nitrogen and oxygen atoms in total. The predicted molar refractivity (Wildman–Crippen MR) is 70.6 cm³/mol. The van der Waals surface area contributed by atoms with Crippen molar-refractivity contribution in [1.82, 2.24) is 0 Å². The van der Waals surface area contributed by atoms with E-state index in [4.69, 9.17) is 9.88 Å². The smallest absolute Gasteiger partial charge is 0.296 e. The molecule has 18 heavy (non-hydrogen) atoms. The van der Waals surface area contributed by atoms with Gasteiger partial charge in [0.2, 0.25) is 0 Å². The summed E-state index contributed by atoms with van der Waals surface area (Å²) in [6.45, 7) is 2.76. The summed E-state index contributed by atoms with van der Waals surface area (Å²) in [5.41, 5.74) is 1.28. The molecule has 0 amide bonds. The second-order valence-corrected chi connectivity index (χ2v) is 5.64. The Balaban J connectivity index is 2.07. The Bertz CT molecular complexity index is 518. The van der Waals surface area contributed by atoms with Crippen molar-refractivity contribution in [2.24, 2.45) is 5.14 Å². The summed E-state index contributed by atoms with van der Waals surface area (Å²) in [4.78, 5) is 0. The predicted octanol–water partition coefficient (Wildman–Crippen LogP) is 0.891. The fraction of sp³-hybridized carbons (Fsp3) is 0.455. The minimum atomic E-state index is -3.73. The van der Waals surface area contributed by atoms with Gasteiger partial charge in [-0.05, 0) is 31.5 Å². The minimum absolute atomic E-state index is 0.153. The summed E-state index contributed by atoms with van der Waals surface area (Å²) in [7, 11) is -3.73. The van der Waals surface area contributed by atoms with Crippen LogP contribution in [0.5, 0.6) is 0 Å². The average molecular weight is 271 g/mol. The molecular weight excluding hydrogens is 254 g/mol. The zero-order valence-electron chi connectivity index (χ0n) is 10.1. The van der Waals surface area contributed by atoms with Gasteiger partial charge in [-0.1, -0.05) is 6.07 Å². The lowest BCUT2D eigenvalue weighted by Gasteiger charge is -2.17. The van der Waals surface area contributed by atoms with E-state index < -0.39 is 10.2 Å². The Morgan fingerprint density at radius 2 is 2.11 bits per heavy atom. The summed E-state index contributed by atoms with van der Waals surface area (Å²) in [6.07, 6.45) is 1.09. The Morgan fingerprint density at radius 3 is 2.72 bits per heavy atom. The molecule has 2 atom stereocenters. The molecule has 0 aliphatic carbocycles. The van der Waals surface area contributed by atoms with Crippen molar-refractivity contribution >= 4 is 21.6 Å². The highest BCUT2D eigenvalue weighted by atomic mass is 32.2. The van der Waals surface area contributed by atoms with Crippen LogP contribution in [0.1, 0.15) is 13.3 Å². The van der Waals surface area contributed by atoms with Gasteiger partial charge in [-0.3, -0.25) is 4.72 Å². The van der Waals surface area contributed by atoms with E-state index in [-0.39, 0.29) is 12.1 Å². The maximum absolute atomic E-state index is 10.9. The lowest BCUT2D eigenvalue weighted by molar-refractivity contribution is 0.121. The molecule has 2 rings (SSSR count). The van der Waals surface area contributed by atoms with Crippen LogP contribution >= 0.6 is 0 Å². The van der Waals surface area contributed by atoms with Crippen LogP contribution in [0.15, 0.2) is 24.3 Å². The number of anilines is 2. The normalized spacial score (nSPS) is 23.9. The molecule has 0 spiro atoms. The van der Waals surface area contributed by atoms with Crippen molar-refractivity contribution in [3.8, 4) is 0 Å². The van der Waals surface area contributed by atoms with E-state index in [0.717, 1.165) is 18.7 Å². The molecule has 0 radical (unpaired) electrons. The van der Waals surface area contributed by atoms with Gasteiger partial charge in [-0.2, -0.15) is 8.42 Å². The van der Waals surface area contributed by atoms with E-state index in [9.17, 15) is 8.42 Å². The van der Waals surface area contributed by atoms with Crippen LogP contribution in [-0.2, 0) is 14.9 Å². The lowest BCUT2D eigenvalue weighted by Crippen LogP contribution is -2.26. The third kappa shape index (κ3) is 3.59. The molecule has 1 aliphatic rings. The Hall–Kier alpha value is -1.31.